The Morgan fingerprint density at radius 3 is 2.00 bits per heavy atom. The van der Waals surface area contributed by atoms with Gasteiger partial charge in [-0.15, -0.1) is 0 Å². The third-order valence-corrected chi connectivity index (χ3v) is 0.897. The van der Waals surface area contributed by atoms with E-state index in [-0.39, 0.29) is 11.6 Å². The normalized spacial score (nSPS) is 12.2. The molecule has 0 aromatic heterocycles. The molecule has 0 heterocycles. The van der Waals surface area contributed by atoms with Gasteiger partial charge in [0.25, 0.3) is 5.91 Å². The smallest absolute Gasteiger partial charge is 0.268 e. The molecule has 0 aromatic carbocycles. The first kappa shape index (κ1) is 7.81. The van der Waals surface area contributed by atoms with E-state index in [0.29, 0.717) is 5.70 Å². The van der Waals surface area contributed by atoms with Gasteiger partial charge < -0.3 is 16.8 Å². The SMILES string of the molecule is CNC(=O)/C(N)=C(\C)N. The fourth-order valence-electron chi connectivity index (χ4n) is 0.314. The fraction of sp³-hybridized carbons (Fsp3) is 0.400. The van der Waals surface area contributed by atoms with Gasteiger partial charge in [-0.1, -0.05) is 0 Å². The predicted octanol–water partition coefficient (Wildman–Crippen LogP) is -1.12. The van der Waals surface area contributed by atoms with Crippen LogP contribution < -0.4 is 16.8 Å². The molecule has 5 N–H and O–H groups in total. The first-order chi connectivity index (χ1) is 4.09. The number of hydrogen-bond acceptors (Lipinski definition) is 3. The molecule has 0 unspecified atom stereocenters. The van der Waals surface area contributed by atoms with Gasteiger partial charge in [0.15, 0.2) is 0 Å². The van der Waals surface area contributed by atoms with Gasteiger partial charge in [0, 0.05) is 12.7 Å². The summed E-state index contributed by atoms with van der Waals surface area (Å²) >= 11 is 0. The average Bonchev–Trinajstić information content (AvgIpc) is 1.84. The fourth-order valence-corrected chi connectivity index (χ4v) is 0.314. The van der Waals surface area contributed by atoms with Crippen LogP contribution in [0.15, 0.2) is 11.4 Å². The Bertz CT molecular complexity index is 146. The summed E-state index contributed by atoms with van der Waals surface area (Å²) in [6, 6.07) is 0. The average molecular weight is 129 g/mol. The van der Waals surface area contributed by atoms with Crippen LogP contribution in [-0.4, -0.2) is 13.0 Å². The summed E-state index contributed by atoms with van der Waals surface area (Å²) in [5, 5.41) is 2.34. The van der Waals surface area contributed by atoms with Gasteiger partial charge in [0.2, 0.25) is 0 Å². The first-order valence-electron chi connectivity index (χ1n) is 2.53. The van der Waals surface area contributed by atoms with Gasteiger partial charge in [0.05, 0.1) is 0 Å². The molecule has 0 fully saturated rings. The van der Waals surface area contributed by atoms with Crippen molar-refractivity contribution in [3.05, 3.63) is 11.4 Å². The highest BCUT2D eigenvalue weighted by Crippen LogP contribution is 1.86. The van der Waals surface area contributed by atoms with Crippen molar-refractivity contribution >= 4 is 5.91 Å². The van der Waals surface area contributed by atoms with Crippen LogP contribution in [0.3, 0.4) is 0 Å². The second-order valence-corrected chi connectivity index (χ2v) is 1.68. The number of likely N-dealkylation sites (N-methyl/N-ethyl adjacent to an activating group) is 1. The Kier molecular flexibility index (Phi) is 2.57. The van der Waals surface area contributed by atoms with E-state index >= 15 is 0 Å². The quantitative estimate of drug-likeness (QED) is 0.392. The van der Waals surface area contributed by atoms with E-state index in [4.69, 9.17) is 11.5 Å². The van der Waals surface area contributed by atoms with Crippen LogP contribution in [0.5, 0.6) is 0 Å². The zero-order valence-corrected chi connectivity index (χ0v) is 5.56. The third-order valence-electron chi connectivity index (χ3n) is 0.897. The van der Waals surface area contributed by atoms with Crippen LogP contribution in [0.4, 0.5) is 0 Å². The van der Waals surface area contributed by atoms with Gasteiger partial charge in [-0.25, -0.2) is 0 Å². The van der Waals surface area contributed by atoms with Gasteiger partial charge in [-0.05, 0) is 6.92 Å². The minimum Gasteiger partial charge on any atom is -0.400 e. The zero-order chi connectivity index (χ0) is 7.44. The number of hydrogen-bond donors (Lipinski definition) is 3. The number of nitrogens with two attached hydrogens (primary N) is 2. The predicted molar refractivity (Wildman–Crippen MR) is 35.1 cm³/mol. The minimum absolute atomic E-state index is 0.0810. The Morgan fingerprint density at radius 1 is 1.44 bits per heavy atom. The van der Waals surface area contributed by atoms with Gasteiger partial charge in [0.1, 0.15) is 5.70 Å². The van der Waals surface area contributed by atoms with Gasteiger partial charge in [-0.3, -0.25) is 4.79 Å². The largest absolute Gasteiger partial charge is 0.400 e. The summed E-state index contributed by atoms with van der Waals surface area (Å²) in [5.74, 6) is -0.338. The van der Waals surface area contributed by atoms with Crippen LogP contribution in [-0.2, 0) is 4.79 Å². The van der Waals surface area contributed by atoms with Crippen LogP contribution in [0, 0.1) is 0 Å². The number of nitrogens with one attached hydrogen (secondary N) is 1. The Hall–Kier alpha value is -1.19. The van der Waals surface area contributed by atoms with Crippen LogP contribution in [0.2, 0.25) is 0 Å². The maximum Gasteiger partial charge on any atom is 0.268 e. The number of carbonyl (C=O) groups excluding carboxylic acids is 1. The second-order valence-electron chi connectivity index (χ2n) is 1.68. The molecule has 0 saturated heterocycles. The minimum atomic E-state index is -0.338. The van der Waals surface area contributed by atoms with Gasteiger partial charge in [-0.2, -0.15) is 0 Å². The standard InChI is InChI=1S/C5H11N3O/c1-3(6)4(7)5(9)8-2/h6-7H2,1-2H3,(H,8,9)/b4-3-. The number of carbonyl (C=O) groups is 1. The van der Waals surface area contributed by atoms with Crippen LogP contribution >= 0.6 is 0 Å². The summed E-state index contributed by atoms with van der Waals surface area (Å²) < 4.78 is 0. The molecule has 1 amide bonds. The number of rotatable bonds is 1. The van der Waals surface area contributed by atoms with Crippen molar-refractivity contribution in [1.29, 1.82) is 0 Å². The van der Waals surface area contributed by atoms with E-state index in [2.05, 4.69) is 5.32 Å². The molecule has 0 atom stereocenters. The molecule has 9 heavy (non-hydrogen) atoms. The zero-order valence-electron chi connectivity index (χ0n) is 5.56. The van der Waals surface area contributed by atoms with E-state index in [1.807, 2.05) is 0 Å². The highest BCUT2D eigenvalue weighted by Gasteiger charge is 2.02. The lowest BCUT2D eigenvalue weighted by Crippen LogP contribution is -2.27. The van der Waals surface area contributed by atoms with E-state index in [0.717, 1.165) is 0 Å². The number of allylic oxidation sites excluding steroid dienone is 1. The van der Waals surface area contributed by atoms with Crippen molar-refractivity contribution in [3.63, 3.8) is 0 Å². The van der Waals surface area contributed by atoms with Crippen molar-refractivity contribution in [2.75, 3.05) is 7.05 Å². The molecule has 0 aliphatic carbocycles. The van der Waals surface area contributed by atoms with Gasteiger partial charge >= 0.3 is 0 Å². The summed E-state index contributed by atoms with van der Waals surface area (Å²) in [5.41, 5.74) is 10.8. The molecule has 4 nitrogen and oxygen atoms in total. The highest BCUT2D eigenvalue weighted by atomic mass is 16.1. The van der Waals surface area contributed by atoms with Crippen molar-refractivity contribution < 1.29 is 4.79 Å². The van der Waals surface area contributed by atoms with E-state index < -0.39 is 0 Å². The Labute approximate surface area is 53.9 Å². The van der Waals surface area contributed by atoms with Crippen molar-refractivity contribution in [2.45, 2.75) is 6.92 Å². The first-order valence-corrected chi connectivity index (χ1v) is 2.53. The molecular formula is C5H11N3O. The lowest BCUT2D eigenvalue weighted by atomic mass is 10.3. The Morgan fingerprint density at radius 2 is 1.89 bits per heavy atom. The lowest BCUT2D eigenvalue weighted by Gasteiger charge is -1.99. The molecule has 0 radical (unpaired) electrons. The van der Waals surface area contributed by atoms with E-state index in [1.165, 1.54) is 7.05 Å². The monoisotopic (exact) mass is 129 g/mol. The van der Waals surface area contributed by atoms with Crippen molar-refractivity contribution in [1.82, 2.24) is 5.32 Å². The number of amides is 1. The molecule has 0 rings (SSSR count). The second kappa shape index (κ2) is 2.96. The summed E-state index contributed by atoms with van der Waals surface area (Å²) in [7, 11) is 1.50. The maximum absolute atomic E-state index is 10.6. The molecule has 0 saturated carbocycles. The Balaban J connectivity index is 4.21. The molecule has 0 aliphatic heterocycles. The highest BCUT2D eigenvalue weighted by molar-refractivity contribution is 5.92. The molecule has 0 spiro atoms. The van der Waals surface area contributed by atoms with Crippen LogP contribution in [0.1, 0.15) is 6.92 Å². The molecule has 0 aliphatic rings. The molecule has 0 bridgehead atoms. The van der Waals surface area contributed by atoms with Crippen molar-refractivity contribution in [3.8, 4) is 0 Å². The summed E-state index contributed by atoms with van der Waals surface area (Å²) in [6.07, 6.45) is 0. The summed E-state index contributed by atoms with van der Waals surface area (Å²) in [6.45, 7) is 1.57. The molecule has 4 heteroatoms. The van der Waals surface area contributed by atoms with Crippen molar-refractivity contribution in [2.24, 2.45) is 11.5 Å². The van der Waals surface area contributed by atoms with E-state index in [9.17, 15) is 4.79 Å². The molecular weight excluding hydrogens is 118 g/mol. The third kappa shape index (κ3) is 2.03. The lowest BCUT2D eigenvalue weighted by molar-refractivity contribution is -0.117. The maximum atomic E-state index is 10.6. The topological polar surface area (TPSA) is 81.1 Å². The molecule has 0 aromatic rings. The van der Waals surface area contributed by atoms with E-state index in [1.54, 1.807) is 6.92 Å². The summed E-state index contributed by atoms with van der Waals surface area (Å²) in [4.78, 5) is 10.6. The van der Waals surface area contributed by atoms with Crippen LogP contribution in [0.25, 0.3) is 0 Å². The molecule has 52 valence electrons.